The van der Waals surface area contributed by atoms with Gasteiger partial charge in [0.2, 0.25) is 0 Å². The number of rotatable bonds is 3. The fourth-order valence-electron chi connectivity index (χ4n) is 1.84. The molecule has 0 saturated carbocycles. The van der Waals surface area contributed by atoms with Crippen molar-refractivity contribution in [1.82, 2.24) is 4.90 Å². The van der Waals surface area contributed by atoms with E-state index in [2.05, 4.69) is 18.9 Å². The van der Waals surface area contributed by atoms with Crippen LogP contribution in [0.15, 0.2) is 0 Å². The minimum absolute atomic E-state index is 0.458. The Labute approximate surface area is 80.7 Å². The Kier molecular flexibility index (Phi) is 3.71. The lowest BCUT2D eigenvalue weighted by Gasteiger charge is -2.40. The zero-order chi connectivity index (χ0) is 9.90. The Balaban J connectivity index is 2.41. The van der Waals surface area contributed by atoms with Gasteiger partial charge in [-0.25, -0.2) is 0 Å². The van der Waals surface area contributed by atoms with Gasteiger partial charge in [0.25, 0.3) is 0 Å². The summed E-state index contributed by atoms with van der Waals surface area (Å²) in [7, 11) is 2.10. The SMILES string of the molecule is CCOCC1(O)CCN(C)C(C)C1. The summed E-state index contributed by atoms with van der Waals surface area (Å²) in [6, 6.07) is 0.458. The zero-order valence-corrected chi connectivity index (χ0v) is 8.92. The molecule has 1 aliphatic rings. The molecular formula is C10H21NO2. The summed E-state index contributed by atoms with van der Waals surface area (Å²) in [5.41, 5.74) is -0.581. The number of nitrogens with zero attached hydrogens (tertiary/aromatic N) is 1. The first-order valence-corrected chi connectivity index (χ1v) is 5.08. The Morgan fingerprint density at radius 1 is 1.62 bits per heavy atom. The fourth-order valence-corrected chi connectivity index (χ4v) is 1.84. The first-order valence-electron chi connectivity index (χ1n) is 5.08. The van der Waals surface area contributed by atoms with E-state index in [-0.39, 0.29) is 0 Å². The normalized spacial score (nSPS) is 36.5. The van der Waals surface area contributed by atoms with E-state index in [1.165, 1.54) is 0 Å². The van der Waals surface area contributed by atoms with Crippen LogP contribution in [-0.2, 0) is 4.74 Å². The Bertz CT molecular complexity index is 159. The summed E-state index contributed by atoms with van der Waals surface area (Å²) in [4.78, 5) is 2.28. The maximum Gasteiger partial charge on any atom is 0.0907 e. The van der Waals surface area contributed by atoms with Gasteiger partial charge in [-0.2, -0.15) is 0 Å². The number of aliphatic hydroxyl groups is 1. The van der Waals surface area contributed by atoms with Crippen molar-refractivity contribution in [3.8, 4) is 0 Å². The summed E-state index contributed by atoms with van der Waals surface area (Å²) in [6.45, 7) is 6.25. The molecule has 0 amide bonds. The van der Waals surface area contributed by atoms with Gasteiger partial charge in [0, 0.05) is 19.2 Å². The van der Waals surface area contributed by atoms with Crippen LogP contribution in [0, 0.1) is 0 Å². The van der Waals surface area contributed by atoms with Gasteiger partial charge in [-0.05, 0) is 33.7 Å². The van der Waals surface area contributed by atoms with Gasteiger partial charge in [-0.3, -0.25) is 0 Å². The molecule has 1 N–H and O–H groups in total. The Morgan fingerprint density at radius 2 is 2.31 bits per heavy atom. The predicted octanol–water partition coefficient (Wildman–Crippen LogP) is 0.868. The number of likely N-dealkylation sites (tertiary alicyclic amines) is 1. The second kappa shape index (κ2) is 4.40. The molecule has 0 aromatic rings. The van der Waals surface area contributed by atoms with Gasteiger partial charge in [0.15, 0.2) is 0 Å². The lowest BCUT2D eigenvalue weighted by atomic mass is 9.88. The zero-order valence-electron chi connectivity index (χ0n) is 8.92. The van der Waals surface area contributed by atoms with Crippen LogP contribution in [-0.4, -0.2) is 48.5 Å². The molecule has 0 spiro atoms. The van der Waals surface area contributed by atoms with Crippen molar-refractivity contribution in [2.24, 2.45) is 0 Å². The number of ether oxygens (including phenoxy) is 1. The smallest absolute Gasteiger partial charge is 0.0907 e. The fraction of sp³-hybridized carbons (Fsp3) is 1.00. The van der Waals surface area contributed by atoms with E-state index in [0.29, 0.717) is 19.3 Å². The molecule has 1 fully saturated rings. The Hall–Kier alpha value is -0.120. The monoisotopic (exact) mass is 187 g/mol. The molecule has 1 aliphatic heterocycles. The van der Waals surface area contributed by atoms with Crippen LogP contribution >= 0.6 is 0 Å². The second-order valence-corrected chi connectivity index (χ2v) is 4.15. The van der Waals surface area contributed by atoms with Gasteiger partial charge in [0.1, 0.15) is 0 Å². The van der Waals surface area contributed by atoms with E-state index in [9.17, 15) is 5.11 Å². The maximum atomic E-state index is 10.1. The van der Waals surface area contributed by atoms with Crippen LogP contribution in [0.4, 0.5) is 0 Å². The van der Waals surface area contributed by atoms with Crippen molar-refractivity contribution in [2.45, 2.75) is 38.3 Å². The average molecular weight is 187 g/mol. The summed E-state index contributed by atoms with van der Waals surface area (Å²) in [5, 5.41) is 10.1. The van der Waals surface area contributed by atoms with Crippen molar-refractivity contribution >= 4 is 0 Å². The van der Waals surface area contributed by atoms with E-state index in [0.717, 1.165) is 19.4 Å². The van der Waals surface area contributed by atoms with Crippen LogP contribution in [0.5, 0.6) is 0 Å². The highest BCUT2D eigenvalue weighted by Gasteiger charge is 2.34. The summed E-state index contributed by atoms with van der Waals surface area (Å²) in [5.74, 6) is 0. The highest BCUT2D eigenvalue weighted by Crippen LogP contribution is 2.25. The molecular weight excluding hydrogens is 166 g/mol. The van der Waals surface area contributed by atoms with Crippen LogP contribution in [0.25, 0.3) is 0 Å². The summed E-state index contributed by atoms with van der Waals surface area (Å²) >= 11 is 0. The van der Waals surface area contributed by atoms with Gasteiger partial charge in [-0.15, -0.1) is 0 Å². The average Bonchev–Trinajstić information content (AvgIpc) is 2.09. The molecule has 1 rings (SSSR count). The predicted molar refractivity (Wildman–Crippen MR) is 52.8 cm³/mol. The third-order valence-electron chi connectivity index (χ3n) is 2.93. The third kappa shape index (κ3) is 2.93. The van der Waals surface area contributed by atoms with Crippen molar-refractivity contribution < 1.29 is 9.84 Å². The maximum absolute atomic E-state index is 10.1. The van der Waals surface area contributed by atoms with Crippen molar-refractivity contribution in [3.05, 3.63) is 0 Å². The molecule has 2 unspecified atom stereocenters. The van der Waals surface area contributed by atoms with Crippen LogP contribution in [0.2, 0.25) is 0 Å². The topological polar surface area (TPSA) is 32.7 Å². The molecule has 78 valence electrons. The molecule has 3 nitrogen and oxygen atoms in total. The quantitative estimate of drug-likeness (QED) is 0.711. The lowest BCUT2D eigenvalue weighted by Crippen LogP contribution is -2.50. The van der Waals surface area contributed by atoms with Crippen LogP contribution in [0.1, 0.15) is 26.7 Å². The van der Waals surface area contributed by atoms with Crippen molar-refractivity contribution in [1.29, 1.82) is 0 Å². The molecule has 2 atom stereocenters. The van der Waals surface area contributed by atoms with Crippen molar-refractivity contribution in [2.75, 3.05) is 26.8 Å². The van der Waals surface area contributed by atoms with E-state index in [1.807, 2.05) is 6.92 Å². The lowest BCUT2D eigenvalue weighted by molar-refractivity contribution is -0.0891. The molecule has 3 heteroatoms. The molecule has 0 aromatic carbocycles. The van der Waals surface area contributed by atoms with E-state index in [4.69, 9.17) is 4.74 Å². The minimum atomic E-state index is -0.581. The first kappa shape index (κ1) is 11.0. The molecule has 13 heavy (non-hydrogen) atoms. The van der Waals surface area contributed by atoms with Gasteiger partial charge < -0.3 is 14.7 Å². The van der Waals surface area contributed by atoms with Gasteiger partial charge in [0.05, 0.1) is 12.2 Å². The van der Waals surface area contributed by atoms with E-state index < -0.39 is 5.60 Å². The van der Waals surface area contributed by atoms with Crippen LogP contribution < -0.4 is 0 Å². The van der Waals surface area contributed by atoms with Crippen molar-refractivity contribution in [3.63, 3.8) is 0 Å². The summed E-state index contributed by atoms with van der Waals surface area (Å²) < 4.78 is 5.29. The molecule has 0 radical (unpaired) electrons. The largest absolute Gasteiger partial charge is 0.387 e. The minimum Gasteiger partial charge on any atom is -0.387 e. The second-order valence-electron chi connectivity index (χ2n) is 4.15. The number of hydrogen-bond acceptors (Lipinski definition) is 3. The van der Waals surface area contributed by atoms with Gasteiger partial charge in [-0.1, -0.05) is 0 Å². The standard InChI is InChI=1S/C10H21NO2/c1-4-13-8-10(12)5-6-11(3)9(2)7-10/h9,12H,4-8H2,1-3H3. The Morgan fingerprint density at radius 3 is 2.85 bits per heavy atom. The number of piperidine rings is 1. The third-order valence-corrected chi connectivity index (χ3v) is 2.93. The van der Waals surface area contributed by atoms with Gasteiger partial charge >= 0.3 is 0 Å². The highest BCUT2D eigenvalue weighted by molar-refractivity contribution is 4.88. The molecule has 0 aromatic heterocycles. The van der Waals surface area contributed by atoms with E-state index in [1.54, 1.807) is 0 Å². The highest BCUT2D eigenvalue weighted by atomic mass is 16.5. The first-order chi connectivity index (χ1) is 6.07. The van der Waals surface area contributed by atoms with Crippen LogP contribution in [0.3, 0.4) is 0 Å². The molecule has 0 aliphatic carbocycles. The number of hydrogen-bond donors (Lipinski definition) is 1. The molecule has 1 saturated heterocycles. The van der Waals surface area contributed by atoms with E-state index >= 15 is 0 Å². The molecule has 1 heterocycles. The molecule has 0 bridgehead atoms. The summed E-state index contributed by atoms with van der Waals surface area (Å²) in [6.07, 6.45) is 1.65.